The lowest BCUT2D eigenvalue weighted by Gasteiger charge is -2.25. The van der Waals surface area contributed by atoms with Crippen molar-refractivity contribution in [3.05, 3.63) is 30.3 Å². The summed E-state index contributed by atoms with van der Waals surface area (Å²) >= 11 is 1.19. The normalized spacial score (nSPS) is 18.2. The van der Waals surface area contributed by atoms with Gasteiger partial charge in [0, 0.05) is 42.6 Å². The molecule has 25 heavy (non-hydrogen) atoms. The molecule has 2 aromatic rings. The molecule has 0 spiro atoms. The van der Waals surface area contributed by atoms with Crippen molar-refractivity contribution in [3.63, 3.8) is 0 Å². The van der Waals surface area contributed by atoms with Gasteiger partial charge in [0.25, 0.3) is 0 Å². The summed E-state index contributed by atoms with van der Waals surface area (Å²) in [7, 11) is 4.06. The first-order valence-electron chi connectivity index (χ1n) is 8.29. The molecule has 2 heterocycles. The molecule has 134 valence electrons. The molecule has 1 aliphatic rings. The first-order chi connectivity index (χ1) is 12.1. The zero-order chi connectivity index (χ0) is 17.6. The molecule has 0 aliphatic carbocycles. The van der Waals surface area contributed by atoms with Gasteiger partial charge in [0.2, 0.25) is 0 Å². The van der Waals surface area contributed by atoms with Crippen molar-refractivity contribution in [2.75, 3.05) is 52.3 Å². The SMILES string of the molecule is CN(C)C[C@H]1COCCN(C(=O)Nc2snnc2-c2ccccc2)C1. The first kappa shape index (κ1) is 17.8. The van der Waals surface area contributed by atoms with Crippen LogP contribution < -0.4 is 5.32 Å². The average molecular weight is 361 g/mol. The molecule has 2 amide bonds. The largest absolute Gasteiger partial charge is 0.379 e. The number of ether oxygens (including phenoxy) is 1. The van der Waals surface area contributed by atoms with Gasteiger partial charge in [0.15, 0.2) is 0 Å². The zero-order valence-electron chi connectivity index (χ0n) is 14.5. The van der Waals surface area contributed by atoms with E-state index in [9.17, 15) is 4.79 Å². The summed E-state index contributed by atoms with van der Waals surface area (Å²) in [5, 5.41) is 7.80. The number of rotatable bonds is 4. The van der Waals surface area contributed by atoms with Gasteiger partial charge in [-0.05, 0) is 14.1 Å². The summed E-state index contributed by atoms with van der Waals surface area (Å²) in [6.45, 7) is 3.39. The molecule has 0 radical (unpaired) electrons. The Bertz CT molecular complexity index is 691. The van der Waals surface area contributed by atoms with E-state index in [1.165, 1.54) is 11.5 Å². The van der Waals surface area contributed by atoms with E-state index in [-0.39, 0.29) is 6.03 Å². The van der Waals surface area contributed by atoms with E-state index in [0.29, 0.717) is 42.9 Å². The number of carbonyl (C=O) groups is 1. The molecule has 1 atom stereocenters. The Kier molecular flexibility index (Phi) is 5.95. The van der Waals surface area contributed by atoms with Gasteiger partial charge in [0.05, 0.1) is 13.2 Å². The predicted octanol–water partition coefficient (Wildman–Crippen LogP) is 2.25. The van der Waals surface area contributed by atoms with Crippen LogP contribution in [0.5, 0.6) is 0 Å². The number of amides is 2. The number of aromatic nitrogens is 2. The number of hydrogen-bond acceptors (Lipinski definition) is 6. The van der Waals surface area contributed by atoms with E-state index >= 15 is 0 Å². The van der Waals surface area contributed by atoms with Gasteiger partial charge >= 0.3 is 6.03 Å². The number of nitrogens with one attached hydrogen (secondary N) is 1. The number of carbonyl (C=O) groups excluding carboxylic acids is 1. The third-order valence-electron chi connectivity index (χ3n) is 4.00. The molecule has 1 saturated heterocycles. The van der Waals surface area contributed by atoms with Crippen molar-refractivity contribution >= 4 is 22.6 Å². The Balaban J connectivity index is 1.69. The molecule has 1 fully saturated rings. The lowest BCUT2D eigenvalue weighted by molar-refractivity contribution is 0.112. The van der Waals surface area contributed by atoms with Crippen molar-refractivity contribution in [1.82, 2.24) is 19.4 Å². The van der Waals surface area contributed by atoms with E-state index in [1.54, 1.807) is 0 Å². The van der Waals surface area contributed by atoms with Gasteiger partial charge < -0.3 is 14.5 Å². The van der Waals surface area contributed by atoms with Crippen molar-refractivity contribution in [2.24, 2.45) is 5.92 Å². The lowest BCUT2D eigenvalue weighted by Crippen LogP contribution is -2.40. The summed E-state index contributed by atoms with van der Waals surface area (Å²) in [5.74, 6) is 0.302. The van der Waals surface area contributed by atoms with Gasteiger partial charge in [0.1, 0.15) is 10.7 Å². The van der Waals surface area contributed by atoms with Crippen LogP contribution in [0.3, 0.4) is 0 Å². The maximum Gasteiger partial charge on any atom is 0.322 e. The summed E-state index contributed by atoms with van der Waals surface area (Å²) in [6.07, 6.45) is 0. The average Bonchev–Trinajstić information content (AvgIpc) is 2.93. The summed E-state index contributed by atoms with van der Waals surface area (Å²) in [4.78, 5) is 16.7. The molecular weight excluding hydrogens is 338 g/mol. The highest BCUT2D eigenvalue weighted by Gasteiger charge is 2.24. The molecule has 1 aromatic heterocycles. The minimum Gasteiger partial charge on any atom is -0.379 e. The standard InChI is InChI=1S/C17H23N5O2S/c1-21(2)10-13-11-22(8-9-24-12-13)17(23)18-16-15(19-20-25-16)14-6-4-3-5-7-14/h3-7,13H,8-12H2,1-2H3,(H,18,23)/t13-/m1/s1. The fourth-order valence-corrected chi connectivity index (χ4v) is 3.51. The highest BCUT2D eigenvalue weighted by molar-refractivity contribution is 7.10. The number of benzene rings is 1. The number of urea groups is 1. The number of anilines is 1. The molecule has 1 aliphatic heterocycles. The Morgan fingerprint density at radius 2 is 2.20 bits per heavy atom. The molecular formula is C17H23N5O2S. The highest BCUT2D eigenvalue weighted by atomic mass is 32.1. The third-order valence-corrected chi connectivity index (χ3v) is 4.65. The van der Waals surface area contributed by atoms with Gasteiger partial charge in [-0.15, -0.1) is 5.10 Å². The van der Waals surface area contributed by atoms with Crippen molar-refractivity contribution < 1.29 is 9.53 Å². The second kappa shape index (κ2) is 8.37. The van der Waals surface area contributed by atoms with Crippen LogP contribution in [0.4, 0.5) is 9.80 Å². The molecule has 7 nitrogen and oxygen atoms in total. The van der Waals surface area contributed by atoms with Crippen LogP contribution in [0.1, 0.15) is 0 Å². The van der Waals surface area contributed by atoms with Crippen LogP contribution in [0.15, 0.2) is 30.3 Å². The van der Waals surface area contributed by atoms with Crippen LogP contribution in [0.25, 0.3) is 11.3 Å². The Morgan fingerprint density at radius 3 is 2.96 bits per heavy atom. The Hall–Kier alpha value is -2.03. The van der Waals surface area contributed by atoms with E-state index in [0.717, 1.165) is 12.1 Å². The Labute approximate surface area is 151 Å². The Morgan fingerprint density at radius 1 is 1.40 bits per heavy atom. The maximum absolute atomic E-state index is 12.7. The third kappa shape index (κ3) is 4.75. The smallest absolute Gasteiger partial charge is 0.322 e. The molecule has 0 saturated carbocycles. The minimum absolute atomic E-state index is 0.127. The van der Waals surface area contributed by atoms with E-state index < -0.39 is 0 Å². The predicted molar refractivity (Wildman–Crippen MR) is 98.8 cm³/mol. The zero-order valence-corrected chi connectivity index (χ0v) is 15.3. The number of nitrogens with zero attached hydrogens (tertiary/aromatic N) is 4. The quantitative estimate of drug-likeness (QED) is 0.904. The minimum atomic E-state index is -0.127. The first-order valence-corrected chi connectivity index (χ1v) is 9.07. The second-order valence-corrected chi connectivity index (χ2v) is 7.15. The van der Waals surface area contributed by atoms with Crippen LogP contribution in [0.2, 0.25) is 0 Å². The summed E-state index contributed by atoms with van der Waals surface area (Å²) in [5.41, 5.74) is 1.64. The molecule has 0 unspecified atom stereocenters. The van der Waals surface area contributed by atoms with Crippen LogP contribution in [-0.2, 0) is 4.74 Å². The molecule has 0 bridgehead atoms. The van der Waals surface area contributed by atoms with E-state index in [2.05, 4.69) is 19.8 Å². The lowest BCUT2D eigenvalue weighted by atomic mass is 10.1. The van der Waals surface area contributed by atoms with Crippen molar-refractivity contribution in [1.29, 1.82) is 0 Å². The topological polar surface area (TPSA) is 70.6 Å². The van der Waals surface area contributed by atoms with Gasteiger partial charge in [-0.3, -0.25) is 5.32 Å². The fraction of sp³-hybridized carbons (Fsp3) is 0.471. The summed E-state index contributed by atoms with van der Waals surface area (Å²) < 4.78 is 9.64. The van der Waals surface area contributed by atoms with Crippen LogP contribution >= 0.6 is 11.5 Å². The van der Waals surface area contributed by atoms with E-state index in [1.807, 2.05) is 49.3 Å². The summed E-state index contributed by atoms with van der Waals surface area (Å²) in [6, 6.07) is 9.62. The molecule has 1 aromatic carbocycles. The van der Waals surface area contributed by atoms with Crippen molar-refractivity contribution in [2.45, 2.75) is 0 Å². The molecule has 3 rings (SSSR count). The van der Waals surface area contributed by atoms with Crippen LogP contribution in [-0.4, -0.2) is 72.4 Å². The van der Waals surface area contributed by atoms with Crippen LogP contribution in [0, 0.1) is 5.92 Å². The second-order valence-electron chi connectivity index (χ2n) is 6.40. The highest BCUT2D eigenvalue weighted by Crippen LogP contribution is 2.28. The number of hydrogen-bond donors (Lipinski definition) is 1. The van der Waals surface area contributed by atoms with E-state index in [4.69, 9.17) is 4.74 Å². The fourth-order valence-electron chi connectivity index (χ4n) is 2.93. The van der Waals surface area contributed by atoms with Crippen molar-refractivity contribution in [3.8, 4) is 11.3 Å². The maximum atomic E-state index is 12.7. The van der Waals surface area contributed by atoms with Gasteiger partial charge in [-0.25, -0.2) is 4.79 Å². The molecule has 8 heteroatoms. The van der Waals surface area contributed by atoms with Gasteiger partial charge in [-0.1, -0.05) is 34.8 Å². The van der Waals surface area contributed by atoms with Gasteiger partial charge in [-0.2, -0.15) is 0 Å². The molecule has 1 N–H and O–H groups in total. The monoisotopic (exact) mass is 361 g/mol.